The monoisotopic (exact) mass is 390 g/mol. The van der Waals surface area contributed by atoms with Crippen molar-refractivity contribution in [3.05, 3.63) is 69.7 Å². The van der Waals surface area contributed by atoms with E-state index < -0.39 is 0 Å². The average molecular weight is 392 g/mol. The molecule has 2 aromatic rings. The van der Waals surface area contributed by atoms with E-state index in [-0.39, 0.29) is 18.4 Å². The van der Waals surface area contributed by atoms with Gasteiger partial charge in [0, 0.05) is 21.3 Å². The van der Waals surface area contributed by atoms with Crippen LogP contribution in [0.2, 0.25) is 5.02 Å². The molecule has 1 aliphatic heterocycles. The minimum Gasteiger partial charge on any atom is -0.323 e. The number of hydrogen-bond acceptors (Lipinski definition) is 2. The summed E-state index contributed by atoms with van der Waals surface area (Å²) in [5.41, 5.74) is 2.34. The second-order valence-corrected chi connectivity index (χ2v) is 6.38. The third-order valence-corrected chi connectivity index (χ3v) is 4.35. The van der Waals surface area contributed by atoms with Crippen LogP contribution >= 0.6 is 27.5 Å². The van der Waals surface area contributed by atoms with Crippen LogP contribution in [0.5, 0.6) is 0 Å². The zero-order valence-corrected chi connectivity index (χ0v) is 14.3. The number of amides is 2. The number of anilines is 1. The summed E-state index contributed by atoms with van der Waals surface area (Å²) in [6, 6.07) is 12.3. The highest BCUT2D eigenvalue weighted by Crippen LogP contribution is 2.31. The number of carbonyl (C=O) groups is 2. The smallest absolute Gasteiger partial charge is 0.259 e. The third kappa shape index (κ3) is 3.02. The van der Waals surface area contributed by atoms with Crippen molar-refractivity contribution in [2.24, 2.45) is 0 Å². The summed E-state index contributed by atoms with van der Waals surface area (Å²) in [7, 11) is 0. The number of halogens is 2. The van der Waals surface area contributed by atoms with Crippen molar-refractivity contribution in [2.45, 2.75) is 0 Å². The molecule has 6 heteroatoms. The van der Waals surface area contributed by atoms with Gasteiger partial charge in [-0.05, 0) is 24.3 Å². The van der Waals surface area contributed by atoms with Gasteiger partial charge in [0.1, 0.15) is 6.54 Å². The molecule has 0 atom stereocenters. The molecule has 1 N–H and O–H groups in total. The fourth-order valence-electron chi connectivity index (χ4n) is 2.43. The van der Waals surface area contributed by atoms with E-state index in [9.17, 15) is 9.59 Å². The van der Waals surface area contributed by atoms with E-state index in [4.69, 9.17) is 11.6 Å². The minimum absolute atomic E-state index is 0.112. The van der Waals surface area contributed by atoms with Gasteiger partial charge in [0.25, 0.3) is 5.91 Å². The number of hydrogen-bond donors (Lipinski definition) is 1. The summed E-state index contributed by atoms with van der Waals surface area (Å²) in [5, 5.41) is 3.12. The van der Waals surface area contributed by atoms with Gasteiger partial charge in [0.2, 0.25) is 5.91 Å². The summed E-state index contributed by atoms with van der Waals surface area (Å²) in [5.74, 6) is -0.556. The van der Waals surface area contributed by atoms with Crippen LogP contribution in [0.1, 0.15) is 15.9 Å². The molecule has 23 heavy (non-hydrogen) atoms. The molecule has 2 amide bonds. The predicted molar refractivity (Wildman–Crippen MR) is 94.3 cm³/mol. The topological polar surface area (TPSA) is 49.4 Å². The van der Waals surface area contributed by atoms with Gasteiger partial charge in [-0.25, -0.2) is 0 Å². The van der Waals surface area contributed by atoms with Crippen molar-refractivity contribution < 1.29 is 9.59 Å². The highest BCUT2D eigenvalue weighted by Gasteiger charge is 2.31. The zero-order valence-electron chi connectivity index (χ0n) is 12.0. The Morgan fingerprint density at radius 1 is 1.22 bits per heavy atom. The summed E-state index contributed by atoms with van der Waals surface area (Å²) < 4.78 is 0.819. The summed E-state index contributed by atoms with van der Waals surface area (Å²) in [4.78, 5) is 26.0. The molecule has 0 saturated heterocycles. The van der Waals surface area contributed by atoms with Crippen LogP contribution in [0.25, 0.3) is 5.70 Å². The van der Waals surface area contributed by atoms with E-state index in [0.717, 1.165) is 10.0 Å². The molecule has 0 aliphatic carbocycles. The molecule has 1 aliphatic rings. The van der Waals surface area contributed by atoms with E-state index >= 15 is 0 Å². The highest BCUT2D eigenvalue weighted by molar-refractivity contribution is 9.10. The lowest BCUT2D eigenvalue weighted by atomic mass is 10.1. The Hall–Kier alpha value is -2.11. The SMILES string of the molecule is C=C1c2ccccc2C(=O)N1CC(=O)Nc1ccc(Br)cc1Cl. The highest BCUT2D eigenvalue weighted by atomic mass is 79.9. The van der Waals surface area contributed by atoms with E-state index in [2.05, 4.69) is 27.8 Å². The standard InChI is InChI=1S/C17H12BrClN2O2/c1-10-12-4-2-3-5-13(12)17(23)21(10)9-16(22)20-15-7-6-11(18)8-14(15)19/h2-8H,1,9H2,(H,20,22). The largest absolute Gasteiger partial charge is 0.323 e. The Morgan fingerprint density at radius 2 is 1.91 bits per heavy atom. The number of nitrogens with zero attached hydrogens (tertiary/aromatic N) is 1. The molecule has 0 spiro atoms. The van der Waals surface area contributed by atoms with Crippen molar-refractivity contribution >= 4 is 50.7 Å². The second-order valence-electron chi connectivity index (χ2n) is 5.06. The van der Waals surface area contributed by atoms with Crippen molar-refractivity contribution in [3.8, 4) is 0 Å². The van der Waals surface area contributed by atoms with Gasteiger partial charge >= 0.3 is 0 Å². The van der Waals surface area contributed by atoms with Gasteiger partial charge in [0.05, 0.1) is 10.7 Å². The fourth-order valence-corrected chi connectivity index (χ4v) is 3.15. The summed E-state index contributed by atoms with van der Waals surface area (Å²) >= 11 is 9.38. The lowest BCUT2D eigenvalue weighted by Gasteiger charge is -2.17. The number of nitrogens with one attached hydrogen (secondary N) is 1. The van der Waals surface area contributed by atoms with Crippen LogP contribution in [0.4, 0.5) is 5.69 Å². The van der Waals surface area contributed by atoms with Crippen LogP contribution in [0, 0.1) is 0 Å². The van der Waals surface area contributed by atoms with E-state index in [0.29, 0.717) is 22.0 Å². The Morgan fingerprint density at radius 3 is 2.57 bits per heavy atom. The molecular formula is C17H12BrClN2O2. The fraction of sp³-hybridized carbons (Fsp3) is 0.0588. The first-order valence-electron chi connectivity index (χ1n) is 6.82. The molecule has 116 valence electrons. The first-order chi connectivity index (χ1) is 11.0. The Bertz CT molecular complexity index is 800. The van der Waals surface area contributed by atoms with Crippen LogP contribution in [0.15, 0.2) is 53.5 Å². The Labute approximate surface area is 146 Å². The number of benzene rings is 2. The second kappa shape index (κ2) is 6.18. The van der Waals surface area contributed by atoms with Gasteiger partial charge in [-0.3, -0.25) is 14.5 Å². The number of fused-ring (bicyclic) bond motifs is 1. The molecule has 4 nitrogen and oxygen atoms in total. The lowest BCUT2D eigenvalue weighted by Crippen LogP contribution is -2.32. The maximum absolute atomic E-state index is 12.4. The Kier molecular flexibility index (Phi) is 4.24. The quantitative estimate of drug-likeness (QED) is 0.854. The predicted octanol–water partition coefficient (Wildman–Crippen LogP) is 4.17. The Balaban J connectivity index is 1.74. The minimum atomic E-state index is -0.337. The van der Waals surface area contributed by atoms with Crippen molar-refractivity contribution in [1.82, 2.24) is 4.90 Å². The van der Waals surface area contributed by atoms with Crippen LogP contribution < -0.4 is 5.32 Å². The van der Waals surface area contributed by atoms with Gasteiger partial charge < -0.3 is 5.32 Å². The molecule has 3 rings (SSSR count). The number of rotatable bonds is 3. The first-order valence-corrected chi connectivity index (χ1v) is 7.99. The maximum atomic E-state index is 12.4. The van der Waals surface area contributed by atoms with Gasteiger partial charge in [-0.15, -0.1) is 0 Å². The molecule has 0 radical (unpaired) electrons. The average Bonchev–Trinajstić information content (AvgIpc) is 2.76. The summed E-state index contributed by atoms with van der Waals surface area (Å²) in [6.45, 7) is 3.80. The first kappa shape index (κ1) is 15.8. The molecule has 0 bridgehead atoms. The van der Waals surface area contributed by atoms with Crippen LogP contribution in [0.3, 0.4) is 0 Å². The summed E-state index contributed by atoms with van der Waals surface area (Å²) in [6.07, 6.45) is 0. The van der Waals surface area contributed by atoms with E-state index in [1.807, 2.05) is 12.1 Å². The zero-order chi connectivity index (χ0) is 16.6. The molecule has 0 aromatic heterocycles. The normalized spacial score (nSPS) is 13.2. The van der Waals surface area contributed by atoms with Crippen molar-refractivity contribution in [3.63, 3.8) is 0 Å². The molecule has 0 fully saturated rings. The third-order valence-electron chi connectivity index (χ3n) is 3.55. The molecular weight excluding hydrogens is 380 g/mol. The van der Waals surface area contributed by atoms with E-state index in [1.54, 1.807) is 30.3 Å². The van der Waals surface area contributed by atoms with Crippen LogP contribution in [-0.4, -0.2) is 23.3 Å². The lowest BCUT2D eigenvalue weighted by molar-refractivity contribution is -0.116. The van der Waals surface area contributed by atoms with Crippen molar-refractivity contribution in [1.29, 1.82) is 0 Å². The number of carbonyl (C=O) groups excluding carboxylic acids is 2. The van der Waals surface area contributed by atoms with Gasteiger partial charge in [-0.1, -0.05) is 52.3 Å². The molecule has 1 heterocycles. The molecule has 2 aromatic carbocycles. The molecule has 0 unspecified atom stereocenters. The van der Waals surface area contributed by atoms with E-state index in [1.165, 1.54) is 4.90 Å². The van der Waals surface area contributed by atoms with Gasteiger partial charge in [0.15, 0.2) is 0 Å². The maximum Gasteiger partial charge on any atom is 0.259 e. The van der Waals surface area contributed by atoms with Gasteiger partial charge in [-0.2, -0.15) is 0 Å². The van der Waals surface area contributed by atoms with Crippen molar-refractivity contribution in [2.75, 3.05) is 11.9 Å². The van der Waals surface area contributed by atoms with Crippen LogP contribution in [-0.2, 0) is 4.79 Å². The molecule has 0 saturated carbocycles.